The lowest BCUT2D eigenvalue weighted by Crippen LogP contribution is -2.43. The fourth-order valence-electron chi connectivity index (χ4n) is 2.51. The molecule has 0 aliphatic carbocycles. The Hall–Kier alpha value is -1.68. The second-order valence-corrected chi connectivity index (χ2v) is 7.60. The van der Waals surface area contributed by atoms with Gasteiger partial charge in [0.2, 0.25) is 5.91 Å². The van der Waals surface area contributed by atoms with Crippen LogP contribution in [-0.2, 0) is 17.8 Å². The maximum Gasteiger partial charge on any atom is 0.241 e. The van der Waals surface area contributed by atoms with E-state index < -0.39 is 0 Å². The molecule has 0 spiro atoms. The van der Waals surface area contributed by atoms with E-state index in [0.29, 0.717) is 19.0 Å². The van der Waals surface area contributed by atoms with E-state index in [-0.39, 0.29) is 42.2 Å². The Morgan fingerprint density at radius 1 is 1.14 bits per heavy atom. The zero-order valence-corrected chi connectivity index (χ0v) is 20.8. The van der Waals surface area contributed by atoms with Crippen LogP contribution in [0.15, 0.2) is 51.9 Å². The van der Waals surface area contributed by atoms with Crippen molar-refractivity contribution in [3.8, 4) is 0 Å². The fraction of sp³-hybridized carbons (Fsp3) is 0.333. The summed E-state index contributed by atoms with van der Waals surface area (Å²) in [6.07, 6.45) is 0.729. The molecule has 5 nitrogen and oxygen atoms in total. The van der Waals surface area contributed by atoms with Crippen LogP contribution in [0, 0.1) is 12.7 Å². The van der Waals surface area contributed by atoms with E-state index in [1.54, 1.807) is 20.2 Å². The van der Waals surface area contributed by atoms with Crippen molar-refractivity contribution >= 4 is 51.8 Å². The number of halogens is 3. The molecular weight excluding hydrogens is 550 g/mol. The van der Waals surface area contributed by atoms with E-state index in [9.17, 15) is 9.18 Å². The Morgan fingerprint density at radius 2 is 1.83 bits per heavy atom. The van der Waals surface area contributed by atoms with Crippen molar-refractivity contribution in [3.63, 3.8) is 0 Å². The van der Waals surface area contributed by atoms with E-state index in [1.807, 2.05) is 31.2 Å². The van der Waals surface area contributed by atoms with E-state index in [4.69, 9.17) is 0 Å². The monoisotopic (exact) mass is 576 g/mol. The number of guanidine groups is 1. The van der Waals surface area contributed by atoms with Gasteiger partial charge in [-0.25, -0.2) is 9.38 Å². The summed E-state index contributed by atoms with van der Waals surface area (Å²) < 4.78 is 14.3. The molecule has 0 aliphatic rings. The van der Waals surface area contributed by atoms with Gasteiger partial charge >= 0.3 is 0 Å². The van der Waals surface area contributed by atoms with E-state index in [1.165, 1.54) is 17.0 Å². The molecular formula is C21H27BrFIN4O. The maximum atomic E-state index is 13.2. The van der Waals surface area contributed by atoms with Crippen LogP contribution in [0.25, 0.3) is 0 Å². The first kappa shape index (κ1) is 25.4. The van der Waals surface area contributed by atoms with Gasteiger partial charge in [-0.3, -0.25) is 4.79 Å². The molecule has 2 N–H and O–H groups in total. The van der Waals surface area contributed by atoms with Crippen LogP contribution in [0.2, 0.25) is 0 Å². The molecule has 1 amide bonds. The van der Waals surface area contributed by atoms with Crippen molar-refractivity contribution in [3.05, 3.63) is 69.4 Å². The summed E-state index contributed by atoms with van der Waals surface area (Å²) in [5.41, 5.74) is 3.06. The number of nitrogens with zero attached hydrogens (tertiary/aromatic N) is 2. The summed E-state index contributed by atoms with van der Waals surface area (Å²) >= 11 is 3.42. The lowest BCUT2D eigenvalue weighted by atomic mass is 10.1. The SMILES string of the molecule is Cc1cc(F)ccc1CCNC(=NCc1ccc(Br)cc1)NCC(=O)N(C)C.I. The first-order valence-corrected chi connectivity index (χ1v) is 9.86. The van der Waals surface area contributed by atoms with E-state index in [0.717, 1.165) is 27.6 Å². The van der Waals surface area contributed by atoms with Crippen LogP contribution in [-0.4, -0.2) is 44.0 Å². The molecule has 0 atom stereocenters. The van der Waals surface area contributed by atoms with Crippen molar-refractivity contribution in [2.24, 2.45) is 4.99 Å². The highest BCUT2D eigenvalue weighted by Gasteiger charge is 2.07. The minimum absolute atomic E-state index is 0. The van der Waals surface area contributed by atoms with E-state index in [2.05, 4.69) is 31.6 Å². The van der Waals surface area contributed by atoms with Crippen molar-refractivity contribution in [2.45, 2.75) is 19.9 Å². The van der Waals surface area contributed by atoms with Crippen LogP contribution in [0.5, 0.6) is 0 Å². The summed E-state index contributed by atoms with van der Waals surface area (Å²) in [6, 6.07) is 12.7. The number of nitrogens with one attached hydrogen (secondary N) is 2. The predicted octanol–water partition coefficient (Wildman–Crippen LogP) is 3.88. The van der Waals surface area contributed by atoms with Gasteiger partial charge in [0.15, 0.2) is 5.96 Å². The number of carbonyl (C=O) groups excluding carboxylic acids is 1. The second-order valence-electron chi connectivity index (χ2n) is 6.68. The molecule has 0 radical (unpaired) electrons. The third-order valence-corrected chi connectivity index (χ3v) is 4.76. The average molecular weight is 577 g/mol. The zero-order chi connectivity index (χ0) is 20.5. The minimum Gasteiger partial charge on any atom is -0.356 e. The van der Waals surface area contributed by atoms with Crippen LogP contribution in [0.3, 0.4) is 0 Å². The highest BCUT2D eigenvalue weighted by atomic mass is 127. The standard InChI is InChI=1S/C21H26BrFN4O.HI/c1-15-12-19(23)9-6-17(15)10-11-24-21(26-14-20(28)27(2)3)25-13-16-4-7-18(22)8-5-16;/h4-9,12H,10-11,13-14H2,1-3H3,(H2,24,25,26);1H. The molecule has 2 aromatic carbocycles. The van der Waals surface area contributed by atoms with Gasteiger partial charge in [0.25, 0.3) is 0 Å². The molecule has 0 saturated carbocycles. The van der Waals surface area contributed by atoms with Crippen molar-refractivity contribution in [1.29, 1.82) is 0 Å². The number of amides is 1. The van der Waals surface area contributed by atoms with Crippen molar-refractivity contribution in [2.75, 3.05) is 27.2 Å². The topological polar surface area (TPSA) is 56.7 Å². The quantitative estimate of drug-likeness (QED) is 0.299. The summed E-state index contributed by atoms with van der Waals surface area (Å²) in [6.45, 7) is 3.17. The van der Waals surface area contributed by atoms with Gasteiger partial charge < -0.3 is 15.5 Å². The summed E-state index contributed by atoms with van der Waals surface area (Å²) in [5.74, 6) is 0.306. The second kappa shape index (κ2) is 12.8. The fourth-order valence-corrected chi connectivity index (χ4v) is 2.77. The molecule has 2 rings (SSSR count). The summed E-state index contributed by atoms with van der Waals surface area (Å²) in [4.78, 5) is 18.0. The summed E-state index contributed by atoms with van der Waals surface area (Å²) in [7, 11) is 3.43. The lowest BCUT2D eigenvalue weighted by Gasteiger charge is -2.15. The highest BCUT2D eigenvalue weighted by Crippen LogP contribution is 2.11. The molecule has 0 bridgehead atoms. The Balaban J connectivity index is 0.00000420. The van der Waals surface area contributed by atoms with Gasteiger partial charge in [-0.2, -0.15) is 0 Å². The zero-order valence-electron chi connectivity index (χ0n) is 16.8. The maximum absolute atomic E-state index is 13.2. The van der Waals surface area contributed by atoms with Crippen LogP contribution >= 0.6 is 39.9 Å². The Bertz CT molecular complexity index is 828. The average Bonchev–Trinajstić information content (AvgIpc) is 2.66. The Kier molecular flexibility index (Phi) is 11.2. The van der Waals surface area contributed by atoms with Gasteiger partial charge in [0.1, 0.15) is 5.82 Å². The van der Waals surface area contributed by atoms with Crippen LogP contribution in [0.1, 0.15) is 16.7 Å². The molecule has 29 heavy (non-hydrogen) atoms. The molecule has 158 valence electrons. The predicted molar refractivity (Wildman–Crippen MR) is 130 cm³/mol. The van der Waals surface area contributed by atoms with Gasteiger partial charge in [0.05, 0.1) is 13.1 Å². The molecule has 0 aliphatic heterocycles. The number of benzene rings is 2. The third-order valence-electron chi connectivity index (χ3n) is 4.23. The number of aryl methyl sites for hydroxylation is 1. The van der Waals surface area contributed by atoms with Gasteiger partial charge in [0, 0.05) is 25.1 Å². The number of hydrogen-bond donors (Lipinski definition) is 2. The molecule has 0 heterocycles. The van der Waals surface area contributed by atoms with Crippen LogP contribution in [0.4, 0.5) is 4.39 Å². The smallest absolute Gasteiger partial charge is 0.241 e. The molecule has 8 heteroatoms. The Labute approximate surface area is 197 Å². The number of carbonyl (C=O) groups is 1. The Morgan fingerprint density at radius 3 is 2.45 bits per heavy atom. The van der Waals surface area contributed by atoms with Gasteiger partial charge in [-0.1, -0.05) is 34.1 Å². The molecule has 0 unspecified atom stereocenters. The number of hydrogen-bond acceptors (Lipinski definition) is 2. The van der Waals surface area contributed by atoms with E-state index >= 15 is 0 Å². The normalized spacial score (nSPS) is 10.9. The molecule has 0 fully saturated rings. The highest BCUT2D eigenvalue weighted by molar-refractivity contribution is 14.0. The molecule has 2 aromatic rings. The van der Waals surface area contributed by atoms with Crippen molar-refractivity contribution < 1.29 is 9.18 Å². The largest absolute Gasteiger partial charge is 0.356 e. The van der Waals surface area contributed by atoms with Crippen LogP contribution < -0.4 is 10.6 Å². The van der Waals surface area contributed by atoms with Crippen molar-refractivity contribution in [1.82, 2.24) is 15.5 Å². The minimum atomic E-state index is -0.227. The molecule has 0 saturated heterocycles. The summed E-state index contributed by atoms with van der Waals surface area (Å²) in [5, 5.41) is 6.32. The number of likely N-dealkylation sites (N-methyl/N-ethyl adjacent to an activating group) is 1. The lowest BCUT2D eigenvalue weighted by molar-refractivity contribution is -0.127. The molecule has 0 aromatic heterocycles. The van der Waals surface area contributed by atoms with Gasteiger partial charge in [-0.15, -0.1) is 24.0 Å². The van der Waals surface area contributed by atoms with Gasteiger partial charge in [-0.05, 0) is 54.3 Å². The third kappa shape index (κ3) is 9.12. The first-order valence-electron chi connectivity index (χ1n) is 9.07. The number of rotatable bonds is 7. The first-order chi connectivity index (χ1) is 13.3. The number of aliphatic imine (C=N–C) groups is 1.